The first-order valence-corrected chi connectivity index (χ1v) is 6.32. The molecule has 1 atom stereocenters. The first-order chi connectivity index (χ1) is 8.54. The van der Waals surface area contributed by atoms with E-state index in [0.29, 0.717) is 6.04 Å². The summed E-state index contributed by atoms with van der Waals surface area (Å²) in [7, 11) is 1.96. The molecule has 2 heterocycles. The van der Waals surface area contributed by atoms with Gasteiger partial charge in [0.25, 0.3) is 0 Å². The fourth-order valence-electron chi connectivity index (χ4n) is 2.38. The predicted molar refractivity (Wildman–Crippen MR) is 71.7 cm³/mol. The summed E-state index contributed by atoms with van der Waals surface area (Å²) in [6.07, 6.45) is 1.85. The summed E-state index contributed by atoms with van der Waals surface area (Å²) in [5, 5.41) is 7.74. The van der Waals surface area contributed by atoms with Gasteiger partial charge >= 0.3 is 0 Å². The Kier molecular flexibility index (Phi) is 3.57. The zero-order valence-corrected chi connectivity index (χ0v) is 11.7. The highest BCUT2D eigenvalue weighted by atomic mass is 16.3. The van der Waals surface area contributed by atoms with Crippen LogP contribution in [0.2, 0.25) is 0 Å². The fourth-order valence-corrected chi connectivity index (χ4v) is 2.38. The van der Waals surface area contributed by atoms with Gasteiger partial charge in [-0.3, -0.25) is 4.68 Å². The van der Waals surface area contributed by atoms with Gasteiger partial charge in [0.1, 0.15) is 11.5 Å². The lowest BCUT2D eigenvalue weighted by molar-refractivity contribution is 0.472. The van der Waals surface area contributed by atoms with Gasteiger partial charge in [-0.15, -0.1) is 0 Å². The molecule has 0 bridgehead atoms. The SMILES string of the molecule is CNC(c1cc(C)oc1C)c1ccnn1C(C)C. The van der Waals surface area contributed by atoms with E-state index in [1.54, 1.807) is 0 Å². The van der Waals surface area contributed by atoms with Gasteiger partial charge in [0.2, 0.25) is 0 Å². The summed E-state index contributed by atoms with van der Waals surface area (Å²) in [4.78, 5) is 0. The van der Waals surface area contributed by atoms with Crippen LogP contribution < -0.4 is 5.32 Å². The number of hydrogen-bond donors (Lipinski definition) is 1. The lowest BCUT2D eigenvalue weighted by Crippen LogP contribution is -2.22. The molecule has 1 unspecified atom stereocenters. The minimum Gasteiger partial charge on any atom is -0.466 e. The lowest BCUT2D eigenvalue weighted by Gasteiger charge is -2.19. The van der Waals surface area contributed by atoms with Crippen molar-refractivity contribution in [3.05, 3.63) is 41.1 Å². The van der Waals surface area contributed by atoms with Gasteiger partial charge in [-0.05, 0) is 46.9 Å². The molecular formula is C14H21N3O. The van der Waals surface area contributed by atoms with E-state index in [4.69, 9.17) is 4.42 Å². The Morgan fingerprint density at radius 3 is 2.56 bits per heavy atom. The quantitative estimate of drug-likeness (QED) is 0.903. The maximum Gasteiger partial charge on any atom is 0.106 e. The van der Waals surface area contributed by atoms with Gasteiger partial charge in [0.15, 0.2) is 0 Å². The standard InChI is InChI=1S/C14H21N3O/c1-9(2)17-13(6-7-16-17)14(15-5)12-8-10(3)18-11(12)4/h6-9,14-15H,1-5H3. The van der Waals surface area contributed by atoms with Crippen LogP contribution in [0.3, 0.4) is 0 Å². The molecule has 0 aliphatic carbocycles. The maximum absolute atomic E-state index is 5.63. The molecule has 98 valence electrons. The molecule has 2 aromatic heterocycles. The van der Waals surface area contributed by atoms with Gasteiger partial charge in [0.05, 0.1) is 11.7 Å². The third-order valence-electron chi connectivity index (χ3n) is 3.16. The molecule has 0 fully saturated rings. The second kappa shape index (κ2) is 4.98. The van der Waals surface area contributed by atoms with Crippen molar-refractivity contribution >= 4 is 0 Å². The smallest absolute Gasteiger partial charge is 0.106 e. The Labute approximate surface area is 108 Å². The van der Waals surface area contributed by atoms with Crippen molar-refractivity contribution < 1.29 is 4.42 Å². The summed E-state index contributed by atoms with van der Waals surface area (Å²) in [6, 6.07) is 4.61. The molecule has 0 amide bonds. The number of nitrogens with one attached hydrogen (secondary N) is 1. The number of furan rings is 1. The summed E-state index contributed by atoms with van der Waals surface area (Å²) in [5.41, 5.74) is 2.34. The van der Waals surface area contributed by atoms with E-state index >= 15 is 0 Å². The monoisotopic (exact) mass is 247 g/mol. The van der Waals surface area contributed by atoms with Crippen LogP contribution in [0, 0.1) is 13.8 Å². The van der Waals surface area contributed by atoms with Gasteiger partial charge < -0.3 is 9.73 Å². The van der Waals surface area contributed by atoms with E-state index in [1.807, 2.05) is 31.8 Å². The number of rotatable bonds is 4. The Balaban J connectivity index is 2.45. The molecule has 2 aromatic rings. The molecule has 0 aliphatic heterocycles. The second-order valence-electron chi connectivity index (χ2n) is 4.88. The summed E-state index contributed by atoms with van der Waals surface area (Å²) in [6.45, 7) is 8.25. The van der Waals surface area contributed by atoms with Crippen molar-refractivity contribution in [1.29, 1.82) is 0 Å². The Hall–Kier alpha value is -1.55. The zero-order valence-electron chi connectivity index (χ0n) is 11.7. The van der Waals surface area contributed by atoms with E-state index in [1.165, 1.54) is 5.56 Å². The van der Waals surface area contributed by atoms with Crippen LogP contribution in [0.15, 0.2) is 22.7 Å². The Morgan fingerprint density at radius 1 is 1.33 bits per heavy atom. The van der Waals surface area contributed by atoms with Crippen LogP contribution in [-0.2, 0) is 0 Å². The number of aryl methyl sites for hydroxylation is 2. The van der Waals surface area contributed by atoms with E-state index < -0.39 is 0 Å². The van der Waals surface area contributed by atoms with Crippen molar-refractivity contribution in [1.82, 2.24) is 15.1 Å². The van der Waals surface area contributed by atoms with Gasteiger partial charge in [0, 0.05) is 17.8 Å². The maximum atomic E-state index is 5.63. The summed E-state index contributed by atoms with van der Waals surface area (Å²) >= 11 is 0. The van der Waals surface area contributed by atoms with Crippen molar-refractivity contribution in [3.8, 4) is 0 Å². The molecule has 0 saturated carbocycles. The average Bonchev–Trinajstić information content (AvgIpc) is 2.88. The molecule has 0 spiro atoms. The Bertz CT molecular complexity index is 525. The molecule has 0 aromatic carbocycles. The topological polar surface area (TPSA) is 43.0 Å². The molecule has 2 rings (SSSR count). The molecular weight excluding hydrogens is 226 g/mol. The van der Waals surface area contributed by atoms with Crippen LogP contribution in [0.4, 0.5) is 0 Å². The minimum absolute atomic E-state index is 0.118. The van der Waals surface area contributed by atoms with E-state index in [9.17, 15) is 0 Å². The zero-order chi connectivity index (χ0) is 13.3. The lowest BCUT2D eigenvalue weighted by atomic mass is 10.0. The highest BCUT2D eigenvalue weighted by Crippen LogP contribution is 2.28. The molecule has 18 heavy (non-hydrogen) atoms. The highest BCUT2D eigenvalue weighted by molar-refractivity contribution is 5.31. The minimum atomic E-state index is 0.118. The summed E-state index contributed by atoms with van der Waals surface area (Å²) < 4.78 is 7.67. The van der Waals surface area contributed by atoms with Crippen molar-refractivity contribution in [2.45, 2.75) is 39.8 Å². The first kappa shape index (κ1) is 12.9. The van der Waals surface area contributed by atoms with Crippen LogP contribution in [-0.4, -0.2) is 16.8 Å². The summed E-state index contributed by atoms with van der Waals surface area (Å²) in [5.74, 6) is 1.90. The molecule has 0 saturated heterocycles. The average molecular weight is 247 g/mol. The largest absolute Gasteiger partial charge is 0.466 e. The molecule has 4 nitrogen and oxygen atoms in total. The van der Waals surface area contributed by atoms with Crippen LogP contribution >= 0.6 is 0 Å². The second-order valence-corrected chi connectivity index (χ2v) is 4.88. The number of nitrogens with zero attached hydrogens (tertiary/aromatic N) is 2. The number of hydrogen-bond acceptors (Lipinski definition) is 3. The highest BCUT2D eigenvalue weighted by Gasteiger charge is 2.21. The van der Waals surface area contributed by atoms with Crippen molar-refractivity contribution in [2.75, 3.05) is 7.05 Å². The van der Waals surface area contributed by atoms with Crippen LogP contribution in [0.25, 0.3) is 0 Å². The van der Waals surface area contributed by atoms with Gasteiger partial charge in [-0.25, -0.2) is 0 Å². The molecule has 0 aliphatic rings. The van der Waals surface area contributed by atoms with Gasteiger partial charge in [-0.2, -0.15) is 5.10 Å². The van der Waals surface area contributed by atoms with E-state index in [2.05, 4.69) is 36.4 Å². The van der Waals surface area contributed by atoms with Gasteiger partial charge in [-0.1, -0.05) is 0 Å². The molecule has 4 heteroatoms. The van der Waals surface area contributed by atoms with Crippen LogP contribution in [0.5, 0.6) is 0 Å². The molecule has 1 N–H and O–H groups in total. The molecule has 0 radical (unpaired) electrons. The van der Waals surface area contributed by atoms with Crippen molar-refractivity contribution in [2.24, 2.45) is 0 Å². The third kappa shape index (κ3) is 2.20. The van der Waals surface area contributed by atoms with E-state index in [0.717, 1.165) is 17.2 Å². The first-order valence-electron chi connectivity index (χ1n) is 6.32. The predicted octanol–water partition coefficient (Wildman–Crippen LogP) is 2.98. The number of aromatic nitrogens is 2. The van der Waals surface area contributed by atoms with Crippen LogP contribution in [0.1, 0.15) is 48.7 Å². The van der Waals surface area contributed by atoms with E-state index in [-0.39, 0.29) is 6.04 Å². The fraction of sp³-hybridized carbons (Fsp3) is 0.500. The van der Waals surface area contributed by atoms with Crippen molar-refractivity contribution in [3.63, 3.8) is 0 Å². The Morgan fingerprint density at radius 2 is 2.06 bits per heavy atom. The third-order valence-corrected chi connectivity index (χ3v) is 3.16. The normalized spacial score (nSPS) is 13.2.